The third-order valence-electron chi connectivity index (χ3n) is 2.14. The van der Waals surface area contributed by atoms with Gasteiger partial charge in [-0.3, -0.25) is 4.21 Å². The Labute approximate surface area is 121 Å². The van der Waals surface area contributed by atoms with Crippen molar-refractivity contribution in [3.05, 3.63) is 28.2 Å². The van der Waals surface area contributed by atoms with Crippen molar-refractivity contribution in [1.29, 1.82) is 0 Å². The number of carboxylic acid groups (broad SMARTS) is 1. The molecule has 0 aromatic heterocycles. The second-order valence-electron chi connectivity index (χ2n) is 3.65. The Balaban J connectivity index is 2.70. The van der Waals surface area contributed by atoms with E-state index < -0.39 is 22.8 Å². The second-order valence-corrected chi connectivity index (χ2v) is 6.12. The predicted molar refractivity (Wildman–Crippen MR) is 77.1 cm³/mol. The minimum atomic E-state index is -1.13. The van der Waals surface area contributed by atoms with Crippen molar-refractivity contribution in [3.63, 3.8) is 0 Å². The van der Waals surface area contributed by atoms with Gasteiger partial charge in [0, 0.05) is 33.8 Å². The van der Waals surface area contributed by atoms with Crippen molar-refractivity contribution in [2.45, 2.75) is 0 Å². The van der Waals surface area contributed by atoms with Crippen LogP contribution in [0.3, 0.4) is 0 Å². The molecule has 8 heteroatoms. The first kappa shape index (κ1) is 15.6. The van der Waals surface area contributed by atoms with E-state index in [-0.39, 0.29) is 17.8 Å². The molecule has 0 heterocycles. The Bertz CT molecular complexity index is 521. The molecule has 3 N–H and O–H groups in total. The van der Waals surface area contributed by atoms with Crippen molar-refractivity contribution in [2.24, 2.45) is 0 Å². The smallest absolute Gasteiger partial charge is 0.337 e. The number of benzene rings is 1. The van der Waals surface area contributed by atoms with Crippen LogP contribution in [0.1, 0.15) is 10.4 Å². The Kier molecular flexibility index (Phi) is 5.97. The van der Waals surface area contributed by atoms with Gasteiger partial charge >= 0.3 is 12.0 Å². The summed E-state index contributed by atoms with van der Waals surface area (Å²) in [7, 11) is -0.988. The molecule has 19 heavy (non-hydrogen) atoms. The topological polar surface area (TPSA) is 95.5 Å². The summed E-state index contributed by atoms with van der Waals surface area (Å²) in [6.07, 6.45) is 1.54. The maximum absolute atomic E-state index is 11.6. The SMILES string of the molecule is CS(=O)CCNC(=O)Nc1cc(Br)ccc1C(=O)O. The zero-order chi connectivity index (χ0) is 14.4. The number of nitrogens with one attached hydrogen (secondary N) is 2. The van der Waals surface area contributed by atoms with E-state index in [9.17, 15) is 13.8 Å². The van der Waals surface area contributed by atoms with Crippen molar-refractivity contribution in [3.8, 4) is 0 Å². The van der Waals surface area contributed by atoms with Crippen LogP contribution in [-0.2, 0) is 10.8 Å². The van der Waals surface area contributed by atoms with Crippen LogP contribution in [0.15, 0.2) is 22.7 Å². The van der Waals surface area contributed by atoms with Crippen LogP contribution in [0, 0.1) is 0 Å². The number of carbonyl (C=O) groups excluding carboxylic acids is 1. The minimum Gasteiger partial charge on any atom is -0.478 e. The summed E-state index contributed by atoms with van der Waals surface area (Å²) in [5.74, 6) is -0.782. The fourth-order valence-electron chi connectivity index (χ4n) is 1.28. The first-order chi connectivity index (χ1) is 8.90. The zero-order valence-corrected chi connectivity index (χ0v) is 12.5. The maximum Gasteiger partial charge on any atom is 0.337 e. The minimum absolute atomic E-state index is 0.00239. The van der Waals surface area contributed by atoms with Crippen molar-refractivity contribution in [1.82, 2.24) is 5.32 Å². The fraction of sp³-hybridized carbons (Fsp3) is 0.273. The van der Waals surface area contributed by atoms with E-state index in [1.165, 1.54) is 18.4 Å². The summed E-state index contributed by atoms with van der Waals surface area (Å²) in [6.45, 7) is 0.255. The van der Waals surface area contributed by atoms with E-state index in [1.807, 2.05) is 0 Å². The van der Waals surface area contributed by atoms with Gasteiger partial charge in [-0.15, -0.1) is 0 Å². The third-order valence-corrected chi connectivity index (χ3v) is 3.41. The molecule has 1 unspecified atom stereocenters. The molecule has 1 rings (SSSR count). The number of hydrogen-bond acceptors (Lipinski definition) is 3. The van der Waals surface area contributed by atoms with Crippen LogP contribution >= 0.6 is 15.9 Å². The number of anilines is 1. The predicted octanol–water partition coefficient (Wildman–Crippen LogP) is 1.65. The lowest BCUT2D eigenvalue weighted by Crippen LogP contribution is -2.32. The quantitative estimate of drug-likeness (QED) is 0.753. The summed E-state index contributed by atoms with van der Waals surface area (Å²) < 4.78 is 11.5. The summed E-state index contributed by atoms with van der Waals surface area (Å²) in [5, 5.41) is 13.9. The van der Waals surface area contributed by atoms with Crippen LogP contribution in [-0.4, -0.2) is 39.9 Å². The monoisotopic (exact) mass is 348 g/mol. The molecule has 0 aliphatic rings. The highest BCUT2D eigenvalue weighted by Gasteiger charge is 2.12. The molecule has 0 saturated heterocycles. The average Bonchev–Trinajstić information content (AvgIpc) is 2.27. The maximum atomic E-state index is 11.6. The van der Waals surface area contributed by atoms with Gasteiger partial charge in [-0.25, -0.2) is 9.59 Å². The Hall–Kier alpha value is -1.41. The molecule has 1 aromatic carbocycles. The molecule has 0 aliphatic carbocycles. The van der Waals surface area contributed by atoms with Gasteiger partial charge in [-0.1, -0.05) is 15.9 Å². The molecule has 0 radical (unpaired) electrons. The number of carboxylic acids is 1. The molecular formula is C11H13BrN2O4S. The van der Waals surface area contributed by atoms with Gasteiger partial charge in [-0.2, -0.15) is 0 Å². The molecule has 0 aliphatic heterocycles. The van der Waals surface area contributed by atoms with E-state index in [0.717, 1.165) is 0 Å². The number of urea groups is 1. The number of carbonyl (C=O) groups is 2. The lowest BCUT2D eigenvalue weighted by molar-refractivity contribution is 0.0698. The number of halogens is 1. The summed E-state index contributed by atoms with van der Waals surface area (Å²) in [6, 6.07) is 3.93. The summed E-state index contributed by atoms with van der Waals surface area (Å²) in [4.78, 5) is 22.5. The lowest BCUT2D eigenvalue weighted by Gasteiger charge is -2.10. The van der Waals surface area contributed by atoms with E-state index in [1.54, 1.807) is 6.07 Å². The van der Waals surface area contributed by atoms with Gasteiger partial charge in [0.2, 0.25) is 0 Å². The van der Waals surface area contributed by atoms with E-state index in [0.29, 0.717) is 10.2 Å². The Morgan fingerprint density at radius 1 is 1.42 bits per heavy atom. The molecule has 0 bridgehead atoms. The molecule has 0 spiro atoms. The average molecular weight is 349 g/mol. The van der Waals surface area contributed by atoms with Gasteiger partial charge in [0.05, 0.1) is 11.3 Å². The number of hydrogen-bond donors (Lipinski definition) is 3. The fourth-order valence-corrected chi connectivity index (χ4v) is 2.03. The highest BCUT2D eigenvalue weighted by molar-refractivity contribution is 9.10. The molecule has 1 atom stereocenters. The third kappa shape index (κ3) is 5.39. The first-order valence-corrected chi connectivity index (χ1v) is 7.80. The highest BCUT2D eigenvalue weighted by Crippen LogP contribution is 2.21. The molecule has 6 nitrogen and oxygen atoms in total. The van der Waals surface area contributed by atoms with Crippen molar-refractivity contribution >= 4 is 44.4 Å². The normalized spacial score (nSPS) is 11.7. The number of amides is 2. The largest absolute Gasteiger partial charge is 0.478 e. The Morgan fingerprint density at radius 2 is 2.11 bits per heavy atom. The molecule has 2 amide bonds. The zero-order valence-electron chi connectivity index (χ0n) is 10.1. The Morgan fingerprint density at radius 3 is 2.68 bits per heavy atom. The van der Waals surface area contributed by atoms with Gasteiger partial charge in [0.1, 0.15) is 0 Å². The van der Waals surface area contributed by atoms with Gasteiger partial charge < -0.3 is 15.7 Å². The van der Waals surface area contributed by atoms with E-state index in [2.05, 4.69) is 26.6 Å². The number of aromatic carboxylic acids is 1. The molecular weight excluding hydrogens is 336 g/mol. The van der Waals surface area contributed by atoms with Gasteiger partial charge in [-0.05, 0) is 18.2 Å². The second kappa shape index (κ2) is 7.25. The molecule has 0 fully saturated rings. The van der Waals surface area contributed by atoms with Crippen LogP contribution < -0.4 is 10.6 Å². The number of rotatable bonds is 5. The molecule has 104 valence electrons. The van der Waals surface area contributed by atoms with Crippen molar-refractivity contribution < 1.29 is 18.9 Å². The van der Waals surface area contributed by atoms with Crippen LogP contribution in [0.2, 0.25) is 0 Å². The summed E-state index contributed by atoms with van der Waals surface area (Å²) in [5.41, 5.74) is 0.189. The van der Waals surface area contributed by atoms with Crippen LogP contribution in [0.5, 0.6) is 0 Å². The molecule has 1 aromatic rings. The van der Waals surface area contributed by atoms with Gasteiger partial charge in [0.15, 0.2) is 0 Å². The van der Waals surface area contributed by atoms with E-state index >= 15 is 0 Å². The first-order valence-electron chi connectivity index (χ1n) is 5.28. The van der Waals surface area contributed by atoms with Crippen molar-refractivity contribution in [2.75, 3.05) is 23.9 Å². The van der Waals surface area contributed by atoms with E-state index in [4.69, 9.17) is 5.11 Å². The highest BCUT2D eigenvalue weighted by atomic mass is 79.9. The molecule has 0 saturated carbocycles. The van der Waals surface area contributed by atoms with Crippen LogP contribution in [0.25, 0.3) is 0 Å². The van der Waals surface area contributed by atoms with Crippen LogP contribution in [0.4, 0.5) is 10.5 Å². The lowest BCUT2D eigenvalue weighted by atomic mass is 10.2. The standard InChI is InChI=1S/C11H13BrN2O4S/c1-19(18)5-4-13-11(17)14-9-6-7(12)2-3-8(9)10(15)16/h2-3,6H,4-5H2,1H3,(H,15,16)(H2,13,14,17). The summed E-state index contributed by atoms with van der Waals surface area (Å²) >= 11 is 3.20. The van der Waals surface area contributed by atoms with Gasteiger partial charge in [0.25, 0.3) is 0 Å².